The summed E-state index contributed by atoms with van der Waals surface area (Å²) in [5.41, 5.74) is 0. The molecule has 1 amide bonds. The smallest absolute Gasteiger partial charge is 0.227 e. The van der Waals surface area contributed by atoms with E-state index in [1.807, 2.05) is 0 Å². The standard InChI is InChI=1S/C15H25N3O4/c1-12(19)11-13(20)16-5-3-15-18(2,8-10-22-15)7-4-14-17-6-9-21-14/h15H,3-11H2,1-2H3/p+1. The zero-order valence-electron chi connectivity index (χ0n) is 13.5. The minimum Gasteiger partial charge on any atom is -0.479 e. The van der Waals surface area contributed by atoms with E-state index < -0.39 is 0 Å². The molecule has 1 N–H and O–H groups in total. The van der Waals surface area contributed by atoms with Crippen LogP contribution in [0.25, 0.3) is 0 Å². The van der Waals surface area contributed by atoms with Gasteiger partial charge in [-0.15, -0.1) is 0 Å². The number of hydrogen-bond acceptors (Lipinski definition) is 5. The average Bonchev–Trinajstić information content (AvgIpc) is 3.07. The summed E-state index contributed by atoms with van der Waals surface area (Å²) in [5.74, 6) is 0.515. The minimum atomic E-state index is -0.214. The zero-order valence-corrected chi connectivity index (χ0v) is 13.5. The fourth-order valence-electron chi connectivity index (χ4n) is 2.88. The first kappa shape index (κ1) is 16.9. The van der Waals surface area contributed by atoms with Crippen LogP contribution in [0.2, 0.25) is 0 Å². The van der Waals surface area contributed by atoms with Crippen molar-refractivity contribution in [3.8, 4) is 0 Å². The number of carbonyl (C=O) groups is 2. The Morgan fingerprint density at radius 2 is 2.23 bits per heavy atom. The molecule has 7 nitrogen and oxygen atoms in total. The van der Waals surface area contributed by atoms with E-state index in [1.54, 1.807) is 0 Å². The summed E-state index contributed by atoms with van der Waals surface area (Å²) in [6, 6.07) is 0. The topological polar surface area (TPSA) is 77.0 Å². The van der Waals surface area contributed by atoms with Gasteiger partial charge in [-0.05, 0) is 6.92 Å². The number of aliphatic imine (C=N–C) groups is 1. The summed E-state index contributed by atoms with van der Waals surface area (Å²) < 4.78 is 12.1. The molecular formula is C15H26N3O4+. The maximum absolute atomic E-state index is 11.5. The van der Waals surface area contributed by atoms with Crippen molar-refractivity contribution in [1.82, 2.24) is 5.32 Å². The van der Waals surface area contributed by atoms with E-state index in [0.717, 1.165) is 49.5 Å². The molecule has 0 bridgehead atoms. The van der Waals surface area contributed by atoms with Crippen molar-refractivity contribution in [2.45, 2.75) is 32.4 Å². The molecule has 1 fully saturated rings. The molecule has 2 aliphatic rings. The van der Waals surface area contributed by atoms with Crippen LogP contribution in [0.3, 0.4) is 0 Å². The summed E-state index contributed by atoms with van der Waals surface area (Å²) in [7, 11) is 2.17. The number of likely N-dealkylation sites (N-methyl/N-ethyl adjacent to an activating group) is 1. The Morgan fingerprint density at radius 1 is 1.41 bits per heavy atom. The molecule has 0 aromatic heterocycles. The van der Waals surface area contributed by atoms with Gasteiger partial charge in [-0.1, -0.05) is 0 Å². The Balaban J connectivity index is 1.74. The number of nitrogens with zero attached hydrogens (tertiary/aromatic N) is 2. The highest BCUT2D eigenvalue weighted by atomic mass is 16.5. The highest BCUT2D eigenvalue weighted by molar-refractivity contribution is 5.96. The molecule has 1 saturated heterocycles. The Kier molecular flexibility index (Phi) is 5.90. The quantitative estimate of drug-likeness (QED) is 0.509. The third kappa shape index (κ3) is 4.78. The van der Waals surface area contributed by atoms with Gasteiger partial charge >= 0.3 is 0 Å². The Bertz CT molecular complexity index is 452. The van der Waals surface area contributed by atoms with Crippen molar-refractivity contribution in [2.24, 2.45) is 4.99 Å². The lowest BCUT2D eigenvalue weighted by atomic mass is 10.2. The van der Waals surface area contributed by atoms with Gasteiger partial charge < -0.3 is 14.8 Å². The Labute approximate surface area is 131 Å². The second-order valence-electron chi connectivity index (χ2n) is 6.14. The van der Waals surface area contributed by atoms with Gasteiger partial charge in [0.25, 0.3) is 0 Å². The van der Waals surface area contributed by atoms with E-state index in [0.29, 0.717) is 13.2 Å². The average molecular weight is 312 g/mol. The van der Waals surface area contributed by atoms with Crippen LogP contribution in [0.1, 0.15) is 26.2 Å². The number of hydrogen-bond donors (Lipinski definition) is 1. The van der Waals surface area contributed by atoms with Crippen LogP contribution in [-0.4, -0.2) is 74.7 Å². The Hall–Kier alpha value is -1.47. The van der Waals surface area contributed by atoms with Gasteiger partial charge in [0, 0.05) is 13.0 Å². The molecular weight excluding hydrogens is 286 g/mol. The lowest BCUT2D eigenvalue weighted by Crippen LogP contribution is -2.50. The zero-order chi connectivity index (χ0) is 16.0. The van der Waals surface area contributed by atoms with Gasteiger partial charge in [-0.3, -0.25) is 19.1 Å². The highest BCUT2D eigenvalue weighted by Gasteiger charge is 2.38. The van der Waals surface area contributed by atoms with Gasteiger partial charge in [0.05, 0.1) is 33.0 Å². The fraction of sp³-hybridized carbons (Fsp3) is 0.800. The van der Waals surface area contributed by atoms with E-state index in [9.17, 15) is 9.59 Å². The summed E-state index contributed by atoms with van der Waals surface area (Å²) >= 11 is 0. The molecule has 124 valence electrons. The molecule has 2 atom stereocenters. The van der Waals surface area contributed by atoms with Gasteiger partial charge in [0.15, 0.2) is 12.1 Å². The van der Waals surface area contributed by atoms with Crippen LogP contribution in [0.15, 0.2) is 4.99 Å². The van der Waals surface area contributed by atoms with Crippen molar-refractivity contribution in [2.75, 3.05) is 46.4 Å². The summed E-state index contributed by atoms with van der Waals surface area (Å²) in [4.78, 5) is 26.7. The number of ether oxygens (including phenoxy) is 2. The first-order valence-electron chi connectivity index (χ1n) is 7.88. The summed E-state index contributed by atoms with van der Waals surface area (Å²) in [5, 5.41) is 2.78. The third-order valence-electron chi connectivity index (χ3n) is 4.22. The molecule has 22 heavy (non-hydrogen) atoms. The number of carbonyl (C=O) groups excluding carboxylic acids is 2. The number of rotatable bonds is 8. The molecule has 0 saturated carbocycles. The van der Waals surface area contributed by atoms with Crippen molar-refractivity contribution < 1.29 is 23.5 Å². The van der Waals surface area contributed by atoms with Crippen LogP contribution in [0, 0.1) is 0 Å². The number of amides is 1. The molecule has 2 aliphatic heterocycles. The van der Waals surface area contributed by atoms with E-state index in [-0.39, 0.29) is 24.3 Å². The van der Waals surface area contributed by atoms with Gasteiger partial charge in [-0.25, -0.2) is 0 Å². The van der Waals surface area contributed by atoms with Crippen molar-refractivity contribution in [3.05, 3.63) is 0 Å². The molecule has 0 spiro atoms. The maximum Gasteiger partial charge on any atom is 0.227 e. The highest BCUT2D eigenvalue weighted by Crippen LogP contribution is 2.22. The van der Waals surface area contributed by atoms with Crippen molar-refractivity contribution in [1.29, 1.82) is 0 Å². The minimum absolute atomic E-state index is 0.0468. The first-order chi connectivity index (χ1) is 10.5. The predicted octanol–water partition coefficient (Wildman–Crippen LogP) is 0.0935. The number of quaternary nitrogens is 1. The second-order valence-corrected chi connectivity index (χ2v) is 6.14. The fourth-order valence-corrected chi connectivity index (χ4v) is 2.88. The lowest BCUT2D eigenvalue weighted by Gasteiger charge is -2.34. The van der Waals surface area contributed by atoms with Crippen LogP contribution in [0.5, 0.6) is 0 Å². The summed E-state index contributed by atoms with van der Waals surface area (Å²) in [6.07, 6.45) is 1.59. The van der Waals surface area contributed by atoms with Gasteiger partial charge in [0.2, 0.25) is 5.91 Å². The molecule has 2 unspecified atom stereocenters. The van der Waals surface area contributed by atoms with Crippen molar-refractivity contribution >= 4 is 17.6 Å². The largest absolute Gasteiger partial charge is 0.479 e. The summed E-state index contributed by atoms with van der Waals surface area (Å²) in [6.45, 7) is 6.02. The SMILES string of the molecule is CC(=O)CC(=O)NCCC1OCC[N+]1(C)CCC1=NCCO1. The molecule has 0 radical (unpaired) electrons. The van der Waals surface area contributed by atoms with E-state index in [1.165, 1.54) is 6.92 Å². The second kappa shape index (κ2) is 7.69. The molecule has 0 aromatic carbocycles. The molecule has 2 rings (SSSR count). The monoisotopic (exact) mass is 312 g/mol. The van der Waals surface area contributed by atoms with Gasteiger partial charge in [-0.2, -0.15) is 0 Å². The van der Waals surface area contributed by atoms with Crippen LogP contribution in [0.4, 0.5) is 0 Å². The maximum atomic E-state index is 11.5. The number of nitrogens with one attached hydrogen (secondary N) is 1. The number of Topliss-reactive ketones (excluding diaryl/α,β-unsaturated/α-hetero) is 1. The third-order valence-corrected chi connectivity index (χ3v) is 4.22. The van der Waals surface area contributed by atoms with E-state index >= 15 is 0 Å². The predicted molar refractivity (Wildman–Crippen MR) is 81.5 cm³/mol. The van der Waals surface area contributed by atoms with Crippen LogP contribution < -0.4 is 5.32 Å². The van der Waals surface area contributed by atoms with Gasteiger partial charge in [0.1, 0.15) is 25.5 Å². The lowest BCUT2D eigenvalue weighted by molar-refractivity contribution is -0.932. The molecule has 7 heteroatoms. The van der Waals surface area contributed by atoms with E-state index in [4.69, 9.17) is 9.47 Å². The van der Waals surface area contributed by atoms with Crippen molar-refractivity contribution in [3.63, 3.8) is 0 Å². The van der Waals surface area contributed by atoms with E-state index in [2.05, 4.69) is 17.4 Å². The molecule has 2 heterocycles. The van der Waals surface area contributed by atoms with Crippen LogP contribution in [-0.2, 0) is 19.1 Å². The molecule has 0 aliphatic carbocycles. The number of ketones is 1. The molecule has 0 aromatic rings. The Morgan fingerprint density at radius 3 is 2.91 bits per heavy atom. The van der Waals surface area contributed by atoms with Crippen LogP contribution >= 0.6 is 0 Å². The first-order valence-corrected chi connectivity index (χ1v) is 7.88. The normalized spacial score (nSPS) is 27.4.